The van der Waals surface area contributed by atoms with Crippen molar-refractivity contribution in [3.63, 3.8) is 0 Å². The number of hydrogen-bond acceptors (Lipinski definition) is 3. The molecule has 0 N–H and O–H groups in total. The first-order valence-corrected chi connectivity index (χ1v) is 6.56. The monoisotopic (exact) mass is 342 g/mol. The minimum Gasteiger partial charge on any atom is -0.436 e. The smallest absolute Gasteiger partial charge is 0.230 e. The molecular weight excluding hydrogens is 339 g/mol. The lowest BCUT2D eigenvalue weighted by Crippen LogP contribution is -1.83. The standard InChI is InChI=1S/C12H5BrCl2N2O/c13-6-3-8(11(15)16-5-6)12-17-9-4-7(14)1-2-10(9)18-12/h1-5H. The molecule has 2 heterocycles. The molecule has 0 atom stereocenters. The first-order chi connectivity index (χ1) is 8.63. The average Bonchev–Trinajstić information content (AvgIpc) is 2.74. The summed E-state index contributed by atoms with van der Waals surface area (Å²) < 4.78 is 6.44. The van der Waals surface area contributed by atoms with Gasteiger partial charge in [-0.1, -0.05) is 23.2 Å². The number of hydrogen-bond donors (Lipinski definition) is 0. The van der Waals surface area contributed by atoms with E-state index in [2.05, 4.69) is 25.9 Å². The summed E-state index contributed by atoms with van der Waals surface area (Å²) in [5.41, 5.74) is 1.98. The van der Waals surface area contributed by atoms with E-state index < -0.39 is 0 Å². The summed E-state index contributed by atoms with van der Waals surface area (Å²) in [5.74, 6) is 0.422. The molecule has 1 aromatic carbocycles. The van der Waals surface area contributed by atoms with E-state index in [1.807, 2.05) is 6.07 Å². The van der Waals surface area contributed by atoms with Crippen molar-refractivity contribution in [2.75, 3.05) is 0 Å². The van der Waals surface area contributed by atoms with Crippen molar-refractivity contribution in [1.82, 2.24) is 9.97 Å². The van der Waals surface area contributed by atoms with Gasteiger partial charge < -0.3 is 4.42 Å². The lowest BCUT2D eigenvalue weighted by Gasteiger charge is -1.98. The summed E-state index contributed by atoms with van der Waals surface area (Å²) in [6.07, 6.45) is 1.62. The maximum Gasteiger partial charge on any atom is 0.230 e. The topological polar surface area (TPSA) is 38.9 Å². The Morgan fingerprint density at radius 1 is 1.17 bits per heavy atom. The van der Waals surface area contributed by atoms with Crippen molar-refractivity contribution >= 4 is 50.2 Å². The Kier molecular flexibility index (Phi) is 3.01. The van der Waals surface area contributed by atoms with Gasteiger partial charge in [-0.25, -0.2) is 9.97 Å². The van der Waals surface area contributed by atoms with Crippen LogP contribution in [0.15, 0.2) is 39.4 Å². The van der Waals surface area contributed by atoms with Crippen LogP contribution in [-0.2, 0) is 0 Å². The maximum atomic E-state index is 6.03. The quantitative estimate of drug-likeness (QED) is 0.586. The molecule has 0 fully saturated rings. The number of benzene rings is 1. The molecular formula is C12H5BrCl2N2O. The van der Waals surface area contributed by atoms with Gasteiger partial charge in [0.25, 0.3) is 0 Å². The summed E-state index contributed by atoms with van der Waals surface area (Å²) in [4.78, 5) is 8.38. The molecule has 0 aliphatic carbocycles. The minimum atomic E-state index is 0.343. The second-order valence-electron chi connectivity index (χ2n) is 3.62. The van der Waals surface area contributed by atoms with E-state index in [1.165, 1.54) is 0 Å². The zero-order valence-corrected chi connectivity index (χ0v) is 11.9. The Hall–Kier alpha value is -1.10. The number of aromatic nitrogens is 2. The van der Waals surface area contributed by atoms with Crippen LogP contribution in [0.4, 0.5) is 0 Å². The zero-order chi connectivity index (χ0) is 12.7. The highest BCUT2D eigenvalue weighted by Crippen LogP contribution is 2.31. The fraction of sp³-hybridized carbons (Fsp3) is 0. The number of pyridine rings is 1. The van der Waals surface area contributed by atoms with Gasteiger partial charge in [-0.05, 0) is 40.2 Å². The van der Waals surface area contributed by atoms with Crippen LogP contribution in [0.5, 0.6) is 0 Å². The van der Waals surface area contributed by atoms with Crippen molar-refractivity contribution < 1.29 is 4.42 Å². The van der Waals surface area contributed by atoms with Gasteiger partial charge in [0.1, 0.15) is 10.7 Å². The van der Waals surface area contributed by atoms with Gasteiger partial charge in [0, 0.05) is 15.7 Å². The van der Waals surface area contributed by atoms with Crippen molar-refractivity contribution in [3.05, 3.63) is 45.1 Å². The first-order valence-electron chi connectivity index (χ1n) is 5.01. The molecule has 90 valence electrons. The minimum absolute atomic E-state index is 0.343. The number of rotatable bonds is 1. The van der Waals surface area contributed by atoms with Crippen molar-refractivity contribution in [1.29, 1.82) is 0 Å². The second-order valence-corrected chi connectivity index (χ2v) is 5.33. The Morgan fingerprint density at radius 3 is 2.83 bits per heavy atom. The van der Waals surface area contributed by atoms with E-state index in [1.54, 1.807) is 24.4 Å². The molecule has 0 saturated carbocycles. The van der Waals surface area contributed by atoms with E-state index in [0.717, 1.165) is 4.47 Å². The lowest BCUT2D eigenvalue weighted by molar-refractivity contribution is 0.619. The van der Waals surface area contributed by atoms with E-state index in [0.29, 0.717) is 32.7 Å². The van der Waals surface area contributed by atoms with Crippen LogP contribution in [-0.4, -0.2) is 9.97 Å². The maximum absolute atomic E-state index is 6.03. The molecule has 0 aliphatic rings. The van der Waals surface area contributed by atoms with Crippen LogP contribution in [0.25, 0.3) is 22.6 Å². The van der Waals surface area contributed by atoms with Crippen LogP contribution in [0.3, 0.4) is 0 Å². The highest BCUT2D eigenvalue weighted by atomic mass is 79.9. The third kappa shape index (κ3) is 2.11. The summed E-state index contributed by atoms with van der Waals surface area (Å²) in [6, 6.07) is 7.07. The molecule has 2 aromatic heterocycles. The number of halogens is 3. The number of oxazole rings is 1. The predicted octanol–water partition coefficient (Wildman–Crippen LogP) is 4.96. The Balaban J connectivity index is 2.22. The van der Waals surface area contributed by atoms with Crippen LogP contribution in [0.2, 0.25) is 10.2 Å². The average molecular weight is 344 g/mol. The SMILES string of the molecule is Clc1ccc2oc(-c3cc(Br)cnc3Cl)nc2c1. The lowest BCUT2D eigenvalue weighted by atomic mass is 10.3. The van der Waals surface area contributed by atoms with E-state index in [-0.39, 0.29) is 0 Å². The van der Waals surface area contributed by atoms with Crippen LogP contribution < -0.4 is 0 Å². The molecule has 6 heteroatoms. The number of fused-ring (bicyclic) bond motifs is 1. The normalized spacial score (nSPS) is 11.1. The summed E-state index contributed by atoms with van der Waals surface area (Å²) >= 11 is 15.3. The summed E-state index contributed by atoms with van der Waals surface area (Å²) in [6.45, 7) is 0. The van der Waals surface area contributed by atoms with Crippen LogP contribution in [0, 0.1) is 0 Å². The fourth-order valence-electron chi connectivity index (χ4n) is 1.59. The van der Waals surface area contributed by atoms with Gasteiger partial charge in [0.05, 0.1) is 5.56 Å². The van der Waals surface area contributed by atoms with Crippen LogP contribution >= 0.6 is 39.1 Å². The zero-order valence-electron chi connectivity index (χ0n) is 8.82. The molecule has 0 amide bonds. The Morgan fingerprint density at radius 2 is 2.00 bits per heavy atom. The highest BCUT2D eigenvalue weighted by Gasteiger charge is 2.13. The third-order valence-corrected chi connectivity index (χ3v) is 3.36. The van der Waals surface area contributed by atoms with Gasteiger partial charge in [-0.3, -0.25) is 0 Å². The largest absolute Gasteiger partial charge is 0.436 e. The van der Waals surface area contributed by atoms with E-state index in [4.69, 9.17) is 27.6 Å². The molecule has 3 rings (SSSR count). The summed E-state index contributed by atoms with van der Waals surface area (Å²) in [5, 5.41) is 0.955. The van der Waals surface area contributed by atoms with Crippen LogP contribution in [0.1, 0.15) is 0 Å². The van der Waals surface area contributed by atoms with Crippen molar-refractivity contribution in [3.8, 4) is 11.5 Å². The molecule has 0 aliphatic heterocycles. The van der Waals surface area contributed by atoms with Crippen molar-refractivity contribution in [2.45, 2.75) is 0 Å². The van der Waals surface area contributed by atoms with Crippen molar-refractivity contribution in [2.24, 2.45) is 0 Å². The van der Waals surface area contributed by atoms with E-state index in [9.17, 15) is 0 Å². The molecule has 3 aromatic rings. The van der Waals surface area contributed by atoms with Gasteiger partial charge in [0.2, 0.25) is 5.89 Å². The van der Waals surface area contributed by atoms with Gasteiger partial charge in [0.15, 0.2) is 5.58 Å². The predicted molar refractivity (Wildman–Crippen MR) is 75.0 cm³/mol. The fourth-order valence-corrected chi connectivity index (χ4v) is 2.27. The Bertz CT molecular complexity index is 742. The molecule has 3 nitrogen and oxygen atoms in total. The second kappa shape index (κ2) is 4.53. The highest BCUT2D eigenvalue weighted by molar-refractivity contribution is 9.10. The molecule has 0 bridgehead atoms. The van der Waals surface area contributed by atoms with Gasteiger partial charge >= 0.3 is 0 Å². The van der Waals surface area contributed by atoms with Gasteiger partial charge in [-0.15, -0.1) is 0 Å². The number of nitrogens with zero attached hydrogens (tertiary/aromatic N) is 2. The molecule has 0 saturated heterocycles. The molecule has 0 spiro atoms. The van der Waals surface area contributed by atoms with E-state index >= 15 is 0 Å². The Labute approximate surface area is 121 Å². The molecule has 18 heavy (non-hydrogen) atoms. The van der Waals surface area contributed by atoms with Gasteiger partial charge in [-0.2, -0.15) is 0 Å². The summed E-state index contributed by atoms with van der Waals surface area (Å²) in [7, 11) is 0. The third-order valence-electron chi connectivity index (χ3n) is 2.39. The first kappa shape index (κ1) is 12.0. The molecule has 0 radical (unpaired) electrons. The molecule has 0 unspecified atom stereocenters.